The Kier molecular flexibility index (Phi) is 8.32. The van der Waals surface area contributed by atoms with Crippen molar-refractivity contribution < 1.29 is 43.5 Å². The first-order valence-electron chi connectivity index (χ1n) is 11.9. The zero-order valence-corrected chi connectivity index (χ0v) is 20.5. The number of carboxylic acid groups (broad SMARTS) is 2. The van der Waals surface area contributed by atoms with Crippen molar-refractivity contribution in [3.63, 3.8) is 0 Å². The summed E-state index contributed by atoms with van der Waals surface area (Å²) in [4.78, 5) is 34.1. The largest absolute Gasteiger partial charge is 0.493 e. The van der Waals surface area contributed by atoms with Crippen molar-refractivity contribution in [2.45, 2.75) is 32.3 Å². The van der Waals surface area contributed by atoms with Gasteiger partial charge in [0.25, 0.3) is 0 Å². The molecule has 0 bridgehead atoms. The highest BCUT2D eigenvalue weighted by atomic mass is 16.7. The molecule has 1 heterocycles. The van der Waals surface area contributed by atoms with Crippen LogP contribution in [0.15, 0.2) is 54.6 Å². The van der Waals surface area contributed by atoms with E-state index in [4.69, 9.17) is 29.8 Å². The molecule has 0 aromatic heterocycles. The molecule has 4 N–H and O–H groups in total. The van der Waals surface area contributed by atoms with Crippen molar-refractivity contribution in [3.05, 3.63) is 71.3 Å². The highest BCUT2D eigenvalue weighted by Gasteiger charge is 2.17. The number of carbonyl (C=O) groups excluding carboxylic acids is 1. The van der Waals surface area contributed by atoms with E-state index in [1.165, 1.54) is 0 Å². The minimum atomic E-state index is -0.958. The van der Waals surface area contributed by atoms with E-state index in [0.29, 0.717) is 46.1 Å². The number of carboxylic acids is 2. The Labute approximate surface area is 218 Å². The van der Waals surface area contributed by atoms with E-state index in [9.17, 15) is 19.5 Å². The number of aliphatic carboxylic acids is 2. The fourth-order valence-electron chi connectivity index (χ4n) is 4.03. The van der Waals surface area contributed by atoms with Crippen LogP contribution in [0.2, 0.25) is 0 Å². The smallest absolute Gasteiger partial charge is 0.303 e. The second-order valence-electron chi connectivity index (χ2n) is 8.60. The fraction of sp³-hybridized carbons (Fsp3) is 0.250. The van der Waals surface area contributed by atoms with Gasteiger partial charge < -0.3 is 34.9 Å². The molecule has 10 nitrogen and oxygen atoms in total. The third-order valence-electron chi connectivity index (χ3n) is 5.90. The first-order chi connectivity index (χ1) is 18.3. The molecule has 4 rings (SSSR count). The number of primary amides is 1. The maximum atomic E-state index is 12.0. The van der Waals surface area contributed by atoms with Gasteiger partial charge in [0.15, 0.2) is 11.5 Å². The van der Waals surface area contributed by atoms with Crippen LogP contribution in [-0.4, -0.2) is 41.5 Å². The van der Waals surface area contributed by atoms with E-state index in [2.05, 4.69) is 0 Å². The molecule has 10 heteroatoms. The molecular weight excluding hydrogens is 494 g/mol. The van der Waals surface area contributed by atoms with Crippen LogP contribution in [0.3, 0.4) is 0 Å². The minimum absolute atomic E-state index is 0.0326. The summed E-state index contributed by atoms with van der Waals surface area (Å²) in [6.45, 7) is 0.390. The predicted octanol–water partition coefficient (Wildman–Crippen LogP) is 4.02. The van der Waals surface area contributed by atoms with Gasteiger partial charge in [-0.2, -0.15) is 0 Å². The molecule has 1 aliphatic rings. The Morgan fingerprint density at radius 2 is 1.66 bits per heavy atom. The van der Waals surface area contributed by atoms with Crippen LogP contribution in [0.5, 0.6) is 23.0 Å². The van der Waals surface area contributed by atoms with Crippen molar-refractivity contribution in [2.24, 2.45) is 5.73 Å². The molecule has 38 heavy (non-hydrogen) atoms. The van der Waals surface area contributed by atoms with E-state index in [-0.39, 0.29) is 44.8 Å². The SMILES string of the molecule is NC(=O)c1cc(OCc2cccc(OCCCC(=O)O)c2CCC(=O)O)cc(-c2ccc3c(c2)OCO3)c1. The second kappa shape index (κ2) is 12.0. The molecule has 0 saturated carbocycles. The van der Waals surface area contributed by atoms with Crippen molar-refractivity contribution in [3.8, 4) is 34.1 Å². The van der Waals surface area contributed by atoms with Gasteiger partial charge in [-0.15, -0.1) is 0 Å². The van der Waals surface area contributed by atoms with Gasteiger partial charge in [0.2, 0.25) is 12.7 Å². The van der Waals surface area contributed by atoms with E-state index in [1.807, 2.05) is 6.07 Å². The van der Waals surface area contributed by atoms with Crippen molar-refractivity contribution >= 4 is 17.8 Å². The molecule has 198 valence electrons. The molecule has 1 amide bonds. The fourth-order valence-corrected chi connectivity index (χ4v) is 4.03. The van der Waals surface area contributed by atoms with E-state index in [1.54, 1.807) is 48.5 Å². The zero-order valence-electron chi connectivity index (χ0n) is 20.5. The Morgan fingerprint density at radius 1 is 0.868 bits per heavy atom. The quantitative estimate of drug-likeness (QED) is 0.283. The van der Waals surface area contributed by atoms with Crippen LogP contribution >= 0.6 is 0 Å². The lowest BCUT2D eigenvalue weighted by atomic mass is 10.0. The number of hydrogen-bond acceptors (Lipinski definition) is 7. The first kappa shape index (κ1) is 26.3. The number of benzene rings is 3. The highest BCUT2D eigenvalue weighted by Crippen LogP contribution is 2.37. The van der Waals surface area contributed by atoms with E-state index < -0.39 is 17.8 Å². The molecule has 0 atom stereocenters. The lowest BCUT2D eigenvalue weighted by Gasteiger charge is -2.16. The molecule has 0 aliphatic carbocycles. The number of ether oxygens (including phenoxy) is 4. The summed E-state index contributed by atoms with van der Waals surface area (Å²) in [6.07, 6.45) is 0.368. The zero-order chi connectivity index (χ0) is 27.1. The molecule has 1 aliphatic heterocycles. The van der Waals surface area contributed by atoms with Gasteiger partial charge in [-0.05, 0) is 65.9 Å². The Bertz CT molecular complexity index is 1350. The van der Waals surface area contributed by atoms with Crippen LogP contribution in [0.1, 0.15) is 40.7 Å². The third-order valence-corrected chi connectivity index (χ3v) is 5.90. The van der Waals surface area contributed by atoms with Gasteiger partial charge in [-0.1, -0.05) is 18.2 Å². The monoisotopic (exact) mass is 521 g/mol. The molecule has 0 unspecified atom stereocenters. The number of amides is 1. The minimum Gasteiger partial charge on any atom is -0.493 e. The number of rotatable bonds is 13. The normalized spacial score (nSPS) is 11.7. The second-order valence-corrected chi connectivity index (χ2v) is 8.60. The Balaban J connectivity index is 1.57. The van der Waals surface area contributed by atoms with Crippen LogP contribution in [0.25, 0.3) is 11.1 Å². The lowest BCUT2D eigenvalue weighted by Crippen LogP contribution is -2.11. The standard InChI is InChI=1S/C28H27NO9/c29-28(34)20-11-19(17-6-8-24-25(14-17)38-16-37-24)12-21(13-20)36-15-18-3-1-4-23(22(18)7-9-27(32)33)35-10-2-5-26(30)31/h1,3-4,6,8,11-14H,2,5,7,9-10,15-16H2,(H2,29,34)(H,30,31)(H,32,33). The average molecular weight is 522 g/mol. The van der Waals surface area contributed by atoms with Gasteiger partial charge in [0.05, 0.1) is 6.61 Å². The summed E-state index contributed by atoms with van der Waals surface area (Å²) < 4.78 is 22.7. The van der Waals surface area contributed by atoms with Gasteiger partial charge in [0.1, 0.15) is 18.1 Å². The molecule has 0 fully saturated rings. The van der Waals surface area contributed by atoms with Gasteiger partial charge in [-0.3, -0.25) is 14.4 Å². The van der Waals surface area contributed by atoms with Crippen LogP contribution in [0.4, 0.5) is 0 Å². The summed E-state index contributed by atoms with van der Waals surface area (Å²) in [5.74, 6) is -0.389. The van der Waals surface area contributed by atoms with E-state index in [0.717, 1.165) is 5.56 Å². The molecule has 0 saturated heterocycles. The summed E-state index contributed by atoms with van der Waals surface area (Å²) in [7, 11) is 0. The molecule has 3 aromatic carbocycles. The number of carbonyl (C=O) groups is 3. The summed E-state index contributed by atoms with van der Waals surface area (Å²) in [5, 5.41) is 18.1. The average Bonchev–Trinajstić information content (AvgIpc) is 3.37. The maximum absolute atomic E-state index is 12.0. The van der Waals surface area contributed by atoms with E-state index >= 15 is 0 Å². The highest BCUT2D eigenvalue weighted by molar-refractivity contribution is 5.94. The molecule has 3 aromatic rings. The maximum Gasteiger partial charge on any atom is 0.303 e. The number of fused-ring (bicyclic) bond motifs is 1. The van der Waals surface area contributed by atoms with Crippen LogP contribution in [0, 0.1) is 0 Å². The number of nitrogens with two attached hydrogens (primary N) is 1. The Hall–Kier alpha value is -4.73. The summed E-state index contributed by atoms with van der Waals surface area (Å²) in [6, 6.07) is 15.7. The number of hydrogen-bond donors (Lipinski definition) is 3. The van der Waals surface area contributed by atoms with Crippen LogP contribution < -0.4 is 24.7 Å². The molecule has 0 radical (unpaired) electrons. The first-order valence-corrected chi connectivity index (χ1v) is 11.9. The van der Waals surface area contributed by atoms with Crippen molar-refractivity contribution in [1.29, 1.82) is 0 Å². The van der Waals surface area contributed by atoms with Crippen molar-refractivity contribution in [1.82, 2.24) is 0 Å². The topological polar surface area (TPSA) is 155 Å². The summed E-state index contributed by atoms with van der Waals surface area (Å²) in [5.41, 5.74) is 8.66. The predicted molar refractivity (Wildman–Crippen MR) is 136 cm³/mol. The third kappa shape index (κ3) is 6.73. The lowest BCUT2D eigenvalue weighted by molar-refractivity contribution is -0.138. The molecule has 0 spiro atoms. The van der Waals surface area contributed by atoms with Crippen LogP contribution in [-0.2, 0) is 22.6 Å². The Morgan fingerprint density at radius 3 is 2.42 bits per heavy atom. The summed E-state index contributed by atoms with van der Waals surface area (Å²) >= 11 is 0. The van der Waals surface area contributed by atoms with Crippen molar-refractivity contribution in [2.75, 3.05) is 13.4 Å². The van der Waals surface area contributed by atoms with Gasteiger partial charge in [-0.25, -0.2) is 0 Å². The molecular formula is C28H27NO9. The van der Waals surface area contributed by atoms with Gasteiger partial charge in [0, 0.05) is 24.0 Å². The van der Waals surface area contributed by atoms with Gasteiger partial charge >= 0.3 is 11.9 Å².